The van der Waals surface area contributed by atoms with Gasteiger partial charge in [-0.15, -0.1) is 0 Å². The third kappa shape index (κ3) is 6.13. The topological polar surface area (TPSA) is 39.2 Å². The van der Waals surface area contributed by atoms with E-state index in [-0.39, 0.29) is 0 Å². The van der Waals surface area contributed by atoms with E-state index >= 15 is 0 Å². The Kier molecular flexibility index (Phi) is 6.98. The summed E-state index contributed by atoms with van der Waals surface area (Å²) in [6.07, 6.45) is 4.95. The van der Waals surface area contributed by atoms with Crippen LogP contribution in [-0.4, -0.2) is 12.3 Å². The molecule has 0 amide bonds. The molecule has 0 aliphatic rings. The third-order valence-corrected chi connectivity index (χ3v) is 3.39. The first-order chi connectivity index (χ1) is 7.33. The van der Waals surface area contributed by atoms with Gasteiger partial charge in [0.1, 0.15) is 5.76 Å². The maximum atomic E-state index is 5.67. The molecular weight excluding hydrogens is 230 g/mol. The lowest BCUT2D eigenvalue weighted by molar-refractivity contribution is 0.532. The predicted octanol–water partition coefficient (Wildman–Crippen LogP) is 3.69. The Balaban J connectivity index is 1.93. The standard InChI is InChI=1S/C11H18ClNOS/c12-11-6-5-10(14-11)9-15-8-4-2-1-3-7-13/h5-6H,1-4,7-9,13H2. The Bertz CT molecular complexity index is 265. The zero-order chi connectivity index (χ0) is 10.9. The lowest BCUT2D eigenvalue weighted by Gasteiger charge is -1.99. The predicted molar refractivity (Wildman–Crippen MR) is 67.4 cm³/mol. The van der Waals surface area contributed by atoms with Crippen LogP contribution in [0.3, 0.4) is 0 Å². The molecule has 0 saturated carbocycles. The minimum atomic E-state index is 0.480. The lowest BCUT2D eigenvalue weighted by Crippen LogP contribution is -1.97. The maximum absolute atomic E-state index is 5.67. The van der Waals surface area contributed by atoms with Gasteiger partial charge < -0.3 is 10.2 Å². The Hall–Kier alpha value is -0.120. The highest BCUT2D eigenvalue weighted by atomic mass is 35.5. The summed E-state index contributed by atoms with van der Waals surface area (Å²) in [6.45, 7) is 0.817. The molecule has 1 aromatic rings. The van der Waals surface area contributed by atoms with Crippen LogP contribution >= 0.6 is 23.4 Å². The molecule has 0 aliphatic carbocycles. The first kappa shape index (κ1) is 12.9. The second-order valence-corrected chi connectivity index (χ2v) is 4.94. The zero-order valence-corrected chi connectivity index (χ0v) is 10.4. The Morgan fingerprint density at radius 1 is 1.20 bits per heavy atom. The third-order valence-electron chi connectivity index (χ3n) is 2.12. The summed E-state index contributed by atoms with van der Waals surface area (Å²) < 4.78 is 5.26. The monoisotopic (exact) mass is 247 g/mol. The van der Waals surface area contributed by atoms with Gasteiger partial charge in [0.2, 0.25) is 0 Å². The van der Waals surface area contributed by atoms with Crippen molar-refractivity contribution in [2.45, 2.75) is 31.4 Å². The summed E-state index contributed by atoms with van der Waals surface area (Å²) in [6, 6.07) is 3.72. The minimum Gasteiger partial charge on any atom is -0.449 e. The Labute approximate surface area is 101 Å². The molecule has 2 nitrogen and oxygen atoms in total. The van der Waals surface area contributed by atoms with Crippen molar-refractivity contribution in [2.24, 2.45) is 5.73 Å². The molecule has 0 aromatic carbocycles. The summed E-state index contributed by atoms with van der Waals surface area (Å²) in [4.78, 5) is 0. The van der Waals surface area contributed by atoms with Gasteiger partial charge in [-0.25, -0.2) is 0 Å². The smallest absolute Gasteiger partial charge is 0.193 e. The van der Waals surface area contributed by atoms with Gasteiger partial charge in [-0.05, 0) is 48.9 Å². The van der Waals surface area contributed by atoms with E-state index in [2.05, 4.69) is 0 Å². The lowest BCUT2D eigenvalue weighted by atomic mass is 10.2. The second kappa shape index (κ2) is 8.08. The van der Waals surface area contributed by atoms with Crippen molar-refractivity contribution >= 4 is 23.4 Å². The Morgan fingerprint density at radius 3 is 2.67 bits per heavy atom. The largest absolute Gasteiger partial charge is 0.449 e. The van der Waals surface area contributed by atoms with Crippen molar-refractivity contribution in [1.29, 1.82) is 0 Å². The van der Waals surface area contributed by atoms with E-state index in [0.29, 0.717) is 5.22 Å². The van der Waals surface area contributed by atoms with Gasteiger partial charge in [-0.1, -0.05) is 12.8 Å². The van der Waals surface area contributed by atoms with E-state index in [1.165, 1.54) is 25.0 Å². The molecule has 0 spiro atoms. The van der Waals surface area contributed by atoms with Crippen LogP contribution in [0.15, 0.2) is 16.5 Å². The van der Waals surface area contributed by atoms with Crippen molar-refractivity contribution in [3.05, 3.63) is 23.1 Å². The van der Waals surface area contributed by atoms with Gasteiger partial charge in [0, 0.05) is 0 Å². The molecule has 0 bridgehead atoms. The summed E-state index contributed by atoms with van der Waals surface area (Å²) in [5.74, 6) is 3.07. The SMILES string of the molecule is NCCCCCCSCc1ccc(Cl)o1. The number of hydrogen-bond acceptors (Lipinski definition) is 3. The van der Waals surface area contributed by atoms with Crippen LogP contribution in [0.2, 0.25) is 5.22 Å². The van der Waals surface area contributed by atoms with Crippen LogP contribution in [0.4, 0.5) is 0 Å². The fourth-order valence-electron chi connectivity index (χ4n) is 1.30. The molecule has 0 saturated heterocycles. The highest BCUT2D eigenvalue weighted by Gasteiger charge is 1.99. The van der Waals surface area contributed by atoms with E-state index < -0.39 is 0 Å². The molecule has 1 rings (SSSR count). The van der Waals surface area contributed by atoms with E-state index in [1.807, 2.05) is 17.8 Å². The van der Waals surface area contributed by atoms with Gasteiger partial charge in [-0.3, -0.25) is 0 Å². The molecule has 0 aliphatic heterocycles. The summed E-state index contributed by atoms with van der Waals surface area (Å²) in [7, 11) is 0. The molecule has 0 radical (unpaired) electrons. The highest BCUT2D eigenvalue weighted by molar-refractivity contribution is 7.98. The molecule has 0 atom stereocenters. The molecular formula is C11H18ClNOS. The van der Waals surface area contributed by atoms with Crippen LogP contribution in [-0.2, 0) is 5.75 Å². The molecule has 4 heteroatoms. The van der Waals surface area contributed by atoms with Crippen molar-refractivity contribution in [2.75, 3.05) is 12.3 Å². The van der Waals surface area contributed by atoms with Crippen molar-refractivity contribution in [1.82, 2.24) is 0 Å². The number of rotatable bonds is 8. The average molecular weight is 248 g/mol. The van der Waals surface area contributed by atoms with Gasteiger partial charge in [0.25, 0.3) is 0 Å². The normalized spacial score (nSPS) is 10.8. The minimum absolute atomic E-state index is 0.480. The van der Waals surface area contributed by atoms with Crippen LogP contribution < -0.4 is 5.73 Å². The fourth-order valence-corrected chi connectivity index (χ4v) is 2.38. The van der Waals surface area contributed by atoms with Crippen LogP contribution in [0, 0.1) is 0 Å². The van der Waals surface area contributed by atoms with E-state index in [4.69, 9.17) is 21.8 Å². The quantitative estimate of drug-likeness (QED) is 0.713. The number of hydrogen-bond donors (Lipinski definition) is 1. The van der Waals surface area contributed by atoms with Crippen LogP contribution in [0.1, 0.15) is 31.4 Å². The van der Waals surface area contributed by atoms with E-state index in [0.717, 1.165) is 24.5 Å². The van der Waals surface area contributed by atoms with Crippen molar-refractivity contribution in [3.63, 3.8) is 0 Å². The second-order valence-electron chi connectivity index (χ2n) is 3.46. The maximum Gasteiger partial charge on any atom is 0.193 e. The number of unbranched alkanes of at least 4 members (excludes halogenated alkanes) is 3. The van der Waals surface area contributed by atoms with E-state index in [1.54, 1.807) is 6.07 Å². The molecule has 15 heavy (non-hydrogen) atoms. The first-order valence-corrected chi connectivity index (χ1v) is 6.88. The van der Waals surface area contributed by atoms with Gasteiger partial charge in [0.15, 0.2) is 5.22 Å². The van der Waals surface area contributed by atoms with Crippen molar-refractivity contribution < 1.29 is 4.42 Å². The Morgan fingerprint density at radius 2 is 2.00 bits per heavy atom. The first-order valence-electron chi connectivity index (χ1n) is 5.35. The average Bonchev–Trinajstić information content (AvgIpc) is 2.63. The number of furan rings is 1. The molecule has 0 fully saturated rings. The molecule has 2 N–H and O–H groups in total. The summed E-state index contributed by atoms with van der Waals surface area (Å²) in [5, 5.41) is 0.480. The molecule has 1 heterocycles. The van der Waals surface area contributed by atoms with Crippen molar-refractivity contribution in [3.8, 4) is 0 Å². The number of halogens is 1. The van der Waals surface area contributed by atoms with Gasteiger partial charge in [-0.2, -0.15) is 11.8 Å². The van der Waals surface area contributed by atoms with Gasteiger partial charge >= 0.3 is 0 Å². The molecule has 86 valence electrons. The number of thioether (sulfide) groups is 1. The molecule has 1 aromatic heterocycles. The van der Waals surface area contributed by atoms with Crippen LogP contribution in [0.5, 0.6) is 0 Å². The van der Waals surface area contributed by atoms with E-state index in [9.17, 15) is 0 Å². The summed E-state index contributed by atoms with van der Waals surface area (Å²) >= 11 is 7.56. The van der Waals surface area contributed by atoms with Gasteiger partial charge in [0.05, 0.1) is 5.75 Å². The highest BCUT2D eigenvalue weighted by Crippen LogP contribution is 2.19. The zero-order valence-electron chi connectivity index (χ0n) is 8.88. The molecule has 0 unspecified atom stereocenters. The fraction of sp³-hybridized carbons (Fsp3) is 0.636. The summed E-state index contributed by atoms with van der Waals surface area (Å²) in [5.41, 5.74) is 5.42. The van der Waals surface area contributed by atoms with Crippen LogP contribution in [0.25, 0.3) is 0 Å². The number of nitrogens with two attached hydrogens (primary N) is 1.